The molecular weight excluding hydrogens is 362 g/mol. The molecule has 1 amide bonds. The maximum Gasteiger partial charge on any atom is 0.307 e. The van der Waals surface area contributed by atoms with Crippen molar-refractivity contribution in [3.63, 3.8) is 0 Å². The number of carbonyl (C=O) groups is 1. The minimum Gasteiger partial charge on any atom is -0.496 e. The molecule has 3 rings (SSSR count). The van der Waals surface area contributed by atoms with Gasteiger partial charge in [0.15, 0.2) is 6.19 Å². The van der Waals surface area contributed by atoms with Gasteiger partial charge in [-0.25, -0.2) is 4.98 Å². The van der Waals surface area contributed by atoms with E-state index in [0.717, 1.165) is 0 Å². The van der Waals surface area contributed by atoms with E-state index < -0.39 is 5.91 Å². The number of nitriles is 2. The zero-order chi connectivity index (χ0) is 20.1. The smallest absolute Gasteiger partial charge is 0.307 e. The van der Waals surface area contributed by atoms with Gasteiger partial charge in [0.05, 0.1) is 31.4 Å². The predicted octanol–water partition coefficient (Wildman–Crippen LogP) is 1.52. The van der Waals surface area contributed by atoms with E-state index in [1.807, 2.05) is 0 Å². The lowest BCUT2D eigenvalue weighted by Gasteiger charge is -2.15. The number of methoxy groups -OCH3 is 2. The van der Waals surface area contributed by atoms with E-state index in [1.54, 1.807) is 30.2 Å². The molecule has 2 heterocycles. The minimum absolute atomic E-state index is 0.0709. The van der Waals surface area contributed by atoms with Crippen LogP contribution in [0.2, 0.25) is 0 Å². The summed E-state index contributed by atoms with van der Waals surface area (Å²) in [7, 11) is 3.08. The number of aromatic nitrogens is 1. The Labute approximate surface area is 162 Å². The summed E-state index contributed by atoms with van der Waals surface area (Å²) in [6, 6.07) is 6.69. The summed E-state index contributed by atoms with van der Waals surface area (Å²) in [6.45, 7) is 0.819. The largest absolute Gasteiger partial charge is 0.496 e. The van der Waals surface area contributed by atoms with Crippen LogP contribution in [-0.2, 0) is 4.74 Å². The van der Waals surface area contributed by atoms with Gasteiger partial charge in [0.2, 0.25) is 0 Å². The molecule has 1 unspecified atom stereocenters. The molecule has 1 N–H and O–H groups in total. The van der Waals surface area contributed by atoms with E-state index in [4.69, 9.17) is 19.2 Å². The molecular formula is C19H19N5O4. The summed E-state index contributed by atoms with van der Waals surface area (Å²) in [5.41, 5.74) is 1.39. The van der Waals surface area contributed by atoms with Crippen molar-refractivity contribution in [2.24, 2.45) is 0 Å². The summed E-state index contributed by atoms with van der Waals surface area (Å²) in [5, 5.41) is 21.1. The second-order valence-electron chi connectivity index (χ2n) is 6.33. The van der Waals surface area contributed by atoms with Gasteiger partial charge in [0.1, 0.15) is 17.7 Å². The number of oxazole rings is 1. The molecule has 1 aliphatic rings. The highest BCUT2D eigenvalue weighted by atomic mass is 16.5. The lowest BCUT2D eigenvalue weighted by atomic mass is 10.1. The third-order valence-corrected chi connectivity index (χ3v) is 4.54. The molecule has 2 atom stereocenters. The Balaban J connectivity index is 1.74. The highest BCUT2D eigenvalue weighted by Gasteiger charge is 2.33. The van der Waals surface area contributed by atoms with Crippen molar-refractivity contribution >= 4 is 5.91 Å². The molecule has 2 aromatic rings. The quantitative estimate of drug-likeness (QED) is 0.747. The van der Waals surface area contributed by atoms with Gasteiger partial charge >= 0.3 is 5.91 Å². The van der Waals surface area contributed by atoms with Gasteiger partial charge in [-0.05, 0) is 24.6 Å². The van der Waals surface area contributed by atoms with Crippen molar-refractivity contribution in [2.45, 2.75) is 18.5 Å². The number of ether oxygens (including phenoxy) is 2. The third kappa shape index (κ3) is 3.90. The molecule has 0 spiro atoms. The van der Waals surface area contributed by atoms with Crippen molar-refractivity contribution in [1.82, 2.24) is 15.2 Å². The zero-order valence-corrected chi connectivity index (χ0v) is 15.5. The lowest BCUT2D eigenvalue weighted by Crippen LogP contribution is -2.36. The molecule has 0 saturated carbocycles. The molecule has 144 valence electrons. The normalized spacial score (nSPS) is 18.4. The van der Waals surface area contributed by atoms with E-state index in [1.165, 1.54) is 13.4 Å². The van der Waals surface area contributed by atoms with Gasteiger partial charge in [-0.2, -0.15) is 10.5 Å². The number of carbonyl (C=O) groups excluding carboxylic acids is 1. The molecule has 0 aliphatic carbocycles. The number of likely N-dealkylation sites (tertiary alicyclic amines) is 1. The first-order chi connectivity index (χ1) is 13.6. The van der Waals surface area contributed by atoms with Crippen LogP contribution in [0.25, 0.3) is 11.3 Å². The van der Waals surface area contributed by atoms with Crippen LogP contribution in [0.4, 0.5) is 0 Å². The average Bonchev–Trinajstić information content (AvgIpc) is 3.35. The molecule has 1 saturated heterocycles. The molecule has 1 aliphatic heterocycles. The number of hydrogen-bond donors (Lipinski definition) is 1. The van der Waals surface area contributed by atoms with Crippen LogP contribution in [-0.4, -0.2) is 55.2 Å². The van der Waals surface area contributed by atoms with Crippen molar-refractivity contribution in [3.05, 3.63) is 35.9 Å². The second kappa shape index (κ2) is 8.42. The van der Waals surface area contributed by atoms with Crippen LogP contribution in [0.3, 0.4) is 0 Å². The Kier molecular flexibility index (Phi) is 5.78. The Bertz CT molecular complexity index is 943. The molecule has 9 heteroatoms. The first kappa shape index (κ1) is 19.2. The molecule has 1 aromatic heterocycles. The van der Waals surface area contributed by atoms with Gasteiger partial charge in [0, 0.05) is 25.3 Å². The van der Waals surface area contributed by atoms with Crippen LogP contribution in [0.15, 0.2) is 28.9 Å². The van der Waals surface area contributed by atoms with E-state index in [-0.39, 0.29) is 18.0 Å². The van der Waals surface area contributed by atoms with Gasteiger partial charge < -0.3 is 24.1 Å². The Morgan fingerprint density at radius 3 is 2.93 bits per heavy atom. The fourth-order valence-corrected chi connectivity index (χ4v) is 3.22. The average molecular weight is 381 g/mol. The summed E-state index contributed by atoms with van der Waals surface area (Å²) in [4.78, 5) is 18.3. The Morgan fingerprint density at radius 1 is 1.43 bits per heavy atom. The highest BCUT2D eigenvalue weighted by molar-refractivity contribution is 5.90. The monoisotopic (exact) mass is 381 g/mol. The van der Waals surface area contributed by atoms with Crippen molar-refractivity contribution in [1.29, 1.82) is 10.5 Å². The summed E-state index contributed by atoms with van der Waals surface area (Å²) in [6.07, 6.45) is 4.05. The molecule has 0 bridgehead atoms. The summed E-state index contributed by atoms with van der Waals surface area (Å²) < 4.78 is 15.7. The standard InChI is InChI=1S/C19H19N5O4/c1-26-9-14-6-13(8-24(14)11-21)22-18(25)19-23-16(10-28-19)15-5-12(7-20)3-4-17(15)27-2/h3-5,10,13-14H,6,8-9H2,1-2H3,(H,22,25)/t13-,14?/m1/s1. The van der Waals surface area contributed by atoms with Crippen molar-refractivity contribution in [3.8, 4) is 29.3 Å². The number of nitrogens with zero attached hydrogens (tertiary/aromatic N) is 4. The maximum atomic E-state index is 12.5. The molecule has 0 radical (unpaired) electrons. The number of hydrogen-bond acceptors (Lipinski definition) is 8. The number of amides is 1. The first-order valence-electron chi connectivity index (χ1n) is 8.59. The highest BCUT2D eigenvalue weighted by Crippen LogP contribution is 2.30. The van der Waals surface area contributed by atoms with Crippen LogP contribution in [0.5, 0.6) is 5.75 Å². The van der Waals surface area contributed by atoms with Crippen molar-refractivity contribution < 1.29 is 18.7 Å². The number of nitrogens with one attached hydrogen (secondary N) is 1. The zero-order valence-electron chi connectivity index (χ0n) is 15.5. The van der Waals surface area contributed by atoms with Gasteiger partial charge in [-0.1, -0.05) is 0 Å². The third-order valence-electron chi connectivity index (χ3n) is 4.54. The second-order valence-corrected chi connectivity index (χ2v) is 6.33. The van der Waals surface area contributed by atoms with Crippen molar-refractivity contribution in [2.75, 3.05) is 27.4 Å². The van der Waals surface area contributed by atoms with Crippen LogP contribution in [0.1, 0.15) is 22.7 Å². The van der Waals surface area contributed by atoms with E-state index in [2.05, 4.69) is 22.6 Å². The van der Waals surface area contributed by atoms with Crippen LogP contribution in [0, 0.1) is 22.8 Å². The Morgan fingerprint density at radius 2 is 2.25 bits per heavy atom. The number of benzene rings is 1. The van der Waals surface area contributed by atoms with Crippen LogP contribution >= 0.6 is 0 Å². The first-order valence-corrected chi connectivity index (χ1v) is 8.59. The van der Waals surface area contributed by atoms with Gasteiger partial charge in [-0.3, -0.25) is 4.79 Å². The molecule has 9 nitrogen and oxygen atoms in total. The predicted molar refractivity (Wildman–Crippen MR) is 97.1 cm³/mol. The van der Waals surface area contributed by atoms with E-state index in [9.17, 15) is 10.1 Å². The van der Waals surface area contributed by atoms with E-state index >= 15 is 0 Å². The molecule has 28 heavy (non-hydrogen) atoms. The van der Waals surface area contributed by atoms with Gasteiger partial charge in [-0.15, -0.1) is 0 Å². The lowest BCUT2D eigenvalue weighted by molar-refractivity contribution is 0.0903. The topological polar surface area (TPSA) is 124 Å². The fourth-order valence-electron chi connectivity index (χ4n) is 3.22. The SMILES string of the molecule is COCC1C[C@@H](NC(=O)c2nc(-c3cc(C#N)ccc3OC)co2)CN1C#N. The molecule has 1 fully saturated rings. The Hall–Kier alpha value is -3.56. The van der Waals surface area contributed by atoms with Gasteiger partial charge in [0.25, 0.3) is 5.89 Å². The minimum atomic E-state index is -0.470. The summed E-state index contributed by atoms with van der Waals surface area (Å²) >= 11 is 0. The fraction of sp³-hybridized carbons (Fsp3) is 0.368. The maximum absolute atomic E-state index is 12.5. The van der Waals surface area contributed by atoms with E-state index in [0.29, 0.717) is 42.1 Å². The van der Waals surface area contributed by atoms with Crippen LogP contribution < -0.4 is 10.1 Å². The molecule has 1 aromatic carbocycles. The summed E-state index contributed by atoms with van der Waals surface area (Å²) in [5.74, 6) is -0.0529. The number of rotatable bonds is 6.